The van der Waals surface area contributed by atoms with Gasteiger partial charge in [0, 0.05) is 29.2 Å². The molecule has 3 aromatic heterocycles. The van der Waals surface area contributed by atoms with Crippen LogP contribution in [0.2, 0.25) is 0 Å². The van der Waals surface area contributed by atoms with E-state index >= 15 is 0 Å². The van der Waals surface area contributed by atoms with Gasteiger partial charge in [0.05, 0.1) is 24.7 Å². The SMILES string of the molecule is COC(=O)Nc1cc(-c2nccc(-c3cc(NC(=O)OCC(Cl)(Cl)Cl)cnc3C)n2)ccn1. The number of hydrogen-bond donors (Lipinski definition) is 2. The van der Waals surface area contributed by atoms with Gasteiger partial charge in [-0.1, -0.05) is 34.8 Å². The highest BCUT2D eigenvalue weighted by atomic mass is 35.6. The molecule has 0 saturated carbocycles. The minimum atomic E-state index is -1.72. The van der Waals surface area contributed by atoms with Crippen molar-refractivity contribution < 1.29 is 19.1 Å². The average molecular weight is 512 g/mol. The molecule has 3 rings (SSSR count). The molecule has 172 valence electrons. The van der Waals surface area contributed by atoms with Crippen LogP contribution in [0.25, 0.3) is 22.6 Å². The van der Waals surface area contributed by atoms with Crippen molar-refractivity contribution in [2.75, 3.05) is 24.4 Å². The average Bonchev–Trinajstić information content (AvgIpc) is 2.79. The van der Waals surface area contributed by atoms with Crippen LogP contribution in [-0.4, -0.2) is 49.6 Å². The Morgan fingerprint density at radius 1 is 1.03 bits per heavy atom. The molecule has 2 amide bonds. The zero-order valence-electron chi connectivity index (χ0n) is 17.3. The fourth-order valence-corrected chi connectivity index (χ4v) is 2.77. The fraction of sp³-hybridized carbons (Fsp3) is 0.200. The van der Waals surface area contributed by atoms with E-state index in [1.165, 1.54) is 19.5 Å². The van der Waals surface area contributed by atoms with E-state index in [-0.39, 0.29) is 5.82 Å². The number of hydrogen-bond acceptors (Lipinski definition) is 8. The van der Waals surface area contributed by atoms with Crippen LogP contribution in [0.1, 0.15) is 5.69 Å². The molecule has 13 heteroatoms. The molecule has 0 aromatic carbocycles. The summed E-state index contributed by atoms with van der Waals surface area (Å²) < 4.78 is 7.72. The normalized spacial score (nSPS) is 10.9. The molecule has 0 unspecified atom stereocenters. The molecular formula is C20H17Cl3N6O4. The van der Waals surface area contributed by atoms with Crippen molar-refractivity contribution in [3.05, 3.63) is 48.5 Å². The number of anilines is 2. The third-order valence-corrected chi connectivity index (χ3v) is 4.39. The molecule has 3 aromatic rings. The van der Waals surface area contributed by atoms with E-state index in [0.29, 0.717) is 34.0 Å². The fourth-order valence-electron chi connectivity index (χ4n) is 2.60. The lowest BCUT2D eigenvalue weighted by atomic mass is 10.1. The predicted octanol–water partition coefficient (Wildman–Crippen LogP) is 5.01. The number of alkyl halides is 3. The summed E-state index contributed by atoms with van der Waals surface area (Å²) in [5.41, 5.74) is 2.86. The van der Waals surface area contributed by atoms with Crippen molar-refractivity contribution >= 4 is 58.5 Å². The number of carbonyl (C=O) groups excluding carboxylic acids is 2. The maximum Gasteiger partial charge on any atom is 0.412 e. The molecular weight excluding hydrogens is 495 g/mol. The third-order valence-electron chi connectivity index (χ3n) is 4.07. The molecule has 3 heterocycles. The molecule has 0 aliphatic rings. The Balaban J connectivity index is 1.84. The number of carbonyl (C=O) groups is 2. The Bertz CT molecular complexity index is 1170. The van der Waals surface area contributed by atoms with Gasteiger partial charge in [0.25, 0.3) is 0 Å². The summed E-state index contributed by atoms with van der Waals surface area (Å²) in [6, 6.07) is 6.69. The summed E-state index contributed by atoms with van der Waals surface area (Å²) >= 11 is 16.7. The first-order chi connectivity index (χ1) is 15.6. The summed E-state index contributed by atoms with van der Waals surface area (Å²) in [5, 5.41) is 5.01. The van der Waals surface area contributed by atoms with Gasteiger partial charge in [-0.25, -0.2) is 24.5 Å². The number of aromatic nitrogens is 4. The molecule has 0 bridgehead atoms. The molecule has 0 saturated heterocycles. The molecule has 0 aliphatic heterocycles. The second-order valence-electron chi connectivity index (χ2n) is 6.49. The molecule has 10 nitrogen and oxygen atoms in total. The highest BCUT2D eigenvalue weighted by Crippen LogP contribution is 2.27. The number of aryl methyl sites for hydroxylation is 1. The maximum absolute atomic E-state index is 12.0. The van der Waals surface area contributed by atoms with E-state index in [1.807, 2.05) is 0 Å². The second-order valence-corrected chi connectivity index (χ2v) is 9.00. The highest BCUT2D eigenvalue weighted by Gasteiger charge is 2.22. The molecule has 0 spiro atoms. The first-order valence-electron chi connectivity index (χ1n) is 9.26. The van der Waals surface area contributed by atoms with E-state index in [9.17, 15) is 9.59 Å². The summed E-state index contributed by atoms with van der Waals surface area (Å²) in [5.74, 6) is 0.674. The minimum absolute atomic E-state index is 0.283. The Kier molecular flexibility index (Phi) is 7.85. The van der Waals surface area contributed by atoms with E-state index in [4.69, 9.17) is 39.5 Å². The van der Waals surface area contributed by atoms with Gasteiger partial charge in [-0.2, -0.15) is 0 Å². The van der Waals surface area contributed by atoms with Crippen molar-refractivity contribution in [1.82, 2.24) is 19.9 Å². The van der Waals surface area contributed by atoms with Crippen LogP contribution in [0.5, 0.6) is 0 Å². The smallest absolute Gasteiger partial charge is 0.412 e. The molecule has 0 fully saturated rings. The number of rotatable bonds is 5. The van der Waals surface area contributed by atoms with Crippen molar-refractivity contribution in [1.29, 1.82) is 0 Å². The van der Waals surface area contributed by atoms with Crippen LogP contribution in [0.3, 0.4) is 0 Å². The van der Waals surface area contributed by atoms with Gasteiger partial charge >= 0.3 is 12.2 Å². The summed E-state index contributed by atoms with van der Waals surface area (Å²) in [6.45, 7) is 1.39. The number of ether oxygens (including phenoxy) is 2. The Labute approximate surface area is 203 Å². The zero-order chi connectivity index (χ0) is 24.0. The number of pyridine rings is 2. The number of halogens is 3. The third kappa shape index (κ3) is 7.14. The van der Waals surface area contributed by atoms with Crippen molar-refractivity contribution in [2.45, 2.75) is 10.7 Å². The standard InChI is InChI=1S/C20H17Cl3N6O4/c1-11-14(8-13(9-26-11)27-19(31)33-10-20(21,22)23)15-4-6-25-17(28-15)12-3-5-24-16(7-12)29-18(30)32-2/h3-9H,10H2,1-2H3,(H,27,31)(H,24,29,30). The Hall–Kier alpha value is -3.21. The topological polar surface area (TPSA) is 128 Å². The number of methoxy groups -OCH3 is 1. The predicted molar refractivity (Wildman–Crippen MR) is 125 cm³/mol. The molecule has 0 aliphatic carbocycles. The largest absolute Gasteiger partial charge is 0.453 e. The number of nitrogens with one attached hydrogen (secondary N) is 2. The van der Waals surface area contributed by atoms with Crippen molar-refractivity contribution in [3.8, 4) is 22.6 Å². The van der Waals surface area contributed by atoms with Crippen LogP contribution in [0.4, 0.5) is 21.1 Å². The zero-order valence-corrected chi connectivity index (χ0v) is 19.6. The van der Waals surface area contributed by atoms with Gasteiger partial charge < -0.3 is 9.47 Å². The Morgan fingerprint density at radius 3 is 2.52 bits per heavy atom. The molecule has 2 N–H and O–H groups in total. The molecule has 0 radical (unpaired) electrons. The van der Waals surface area contributed by atoms with Crippen LogP contribution < -0.4 is 10.6 Å². The van der Waals surface area contributed by atoms with Crippen LogP contribution in [-0.2, 0) is 9.47 Å². The summed E-state index contributed by atoms with van der Waals surface area (Å²) in [6.07, 6.45) is 3.11. The lowest BCUT2D eigenvalue weighted by Crippen LogP contribution is -2.21. The first-order valence-corrected chi connectivity index (χ1v) is 10.4. The van der Waals surface area contributed by atoms with Gasteiger partial charge in [-0.15, -0.1) is 0 Å². The summed E-state index contributed by atoms with van der Waals surface area (Å²) in [7, 11) is 1.26. The number of nitrogens with zero attached hydrogens (tertiary/aromatic N) is 4. The molecule has 0 atom stereocenters. The van der Waals surface area contributed by atoms with Crippen molar-refractivity contribution in [3.63, 3.8) is 0 Å². The van der Waals surface area contributed by atoms with Crippen LogP contribution in [0, 0.1) is 6.92 Å². The van der Waals surface area contributed by atoms with Crippen molar-refractivity contribution in [2.24, 2.45) is 0 Å². The second kappa shape index (κ2) is 10.6. The highest BCUT2D eigenvalue weighted by molar-refractivity contribution is 6.67. The van der Waals surface area contributed by atoms with E-state index < -0.39 is 22.6 Å². The van der Waals surface area contributed by atoms with Gasteiger partial charge in [0.1, 0.15) is 12.4 Å². The lowest BCUT2D eigenvalue weighted by Gasteiger charge is -2.13. The Morgan fingerprint density at radius 2 is 1.79 bits per heavy atom. The van der Waals surface area contributed by atoms with Gasteiger partial charge in [0.2, 0.25) is 3.79 Å². The van der Waals surface area contributed by atoms with E-state index in [1.54, 1.807) is 37.4 Å². The lowest BCUT2D eigenvalue weighted by molar-refractivity contribution is 0.164. The van der Waals surface area contributed by atoms with Gasteiger partial charge in [-0.3, -0.25) is 15.6 Å². The number of amides is 2. The quantitative estimate of drug-likeness (QED) is 0.458. The first kappa shape index (κ1) is 24.4. The monoisotopic (exact) mass is 510 g/mol. The summed E-state index contributed by atoms with van der Waals surface area (Å²) in [4.78, 5) is 40.6. The molecule has 33 heavy (non-hydrogen) atoms. The minimum Gasteiger partial charge on any atom is -0.453 e. The van der Waals surface area contributed by atoms with E-state index in [0.717, 1.165) is 0 Å². The van der Waals surface area contributed by atoms with Crippen LogP contribution in [0.15, 0.2) is 42.9 Å². The maximum atomic E-state index is 12.0. The van der Waals surface area contributed by atoms with Gasteiger partial charge in [-0.05, 0) is 31.2 Å². The van der Waals surface area contributed by atoms with Crippen LogP contribution >= 0.6 is 34.8 Å². The van der Waals surface area contributed by atoms with Gasteiger partial charge in [0.15, 0.2) is 5.82 Å². The van der Waals surface area contributed by atoms with E-state index in [2.05, 4.69) is 35.3 Å².